The van der Waals surface area contributed by atoms with Crippen molar-refractivity contribution in [2.75, 3.05) is 5.32 Å². The number of hydrogen-bond acceptors (Lipinski definition) is 5. The maximum Gasteiger partial charge on any atom is 0.258 e. The van der Waals surface area contributed by atoms with Crippen molar-refractivity contribution in [3.05, 3.63) is 70.7 Å². The van der Waals surface area contributed by atoms with E-state index in [1.807, 2.05) is 45.0 Å². The first kappa shape index (κ1) is 17.2. The summed E-state index contributed by atoms with van der Waals surface area (Å²) in [6, 6.07) is 11.3. The second kappa shape index (κ2) is 7.53. The van der Waals surface area contributed by atoms with E-state index < -0.39 is 0 Å². The van der Waals surface area contributed by atoms with Crippen LogP contribution in [0.4, 0.5) is 5.69 Å². The van der Waals surface area contributed by atoms with E-state index in [1.165, 1.54) is 11.8 Å². The average Bonchev–Trinajstić information content (AvgIpc) is 2.93. The van der Waals surface area contributed by atoms with E-state index in [-0.39, 0.29) is 5.91 Å². The fourth-order valence-corrected chi connectivity index (χ4v) is 3.57. The van der Waals surface area contributed by atoms with Crippen LogP contribution in [0.3, 0.4) is 0 Å². The second-order valence-electron chi connectivity index (χ2n) is 5.72. The predicted octanol–water partition coefficient (Wildman–Crippen LogP) is 4.54. The fourth-order valence-electron chi connectivity index (χ4n) is 2.43. The SMILES string of the molecule is Cc1ccccc1NC(=O)c1cccnc1SCc1c(C)noc1C. The number of nitrogens with one attached hydrogen (secondary N) is 1. The van der Waals surface area contributed by atoms with Crippen LogP contribution >= 0.6 is 11.8 Å². The highest BCUT2D eigenvalue weighted by Gasteiger charge is 2.16. The molecule has 2 heterocycles. The number of thioether (sulfide) groups is 1. The molecular formula is C19H19N3O2S. The summed E-state index contributed by atoms with van der Waals surface area (Å²) >= 11 is 1.50. The lowest BCUT2D eigenvalue weighted by atomic mass is 10.2. The number of anilines is 1. The van der Waals surface area contributed by atoms with Gasteiger partial charge in [0.2, 0.25) is 0 Å². The van der Waals surface area contributed by atoms with E-state index in [9.17, 15) is 4.79 Å². The molecule has 2 aromatic heterocycles. The largest absolute Gasteiger partial charge is 0.361 e. The molecule has 3 aromatic rings. The predicted molar refractivity (Wildman–Crippen MR) is 98.9 cm³/mol. The molecular weight excluding hydrogens is 334 g/mol. The van der Waals surface area contributed by atoms with Gasteiger partial charge >= 0.3 is 0 Å². The monoisotopic (exact) mass is 353 g/mol. The number of pyridine rings is 1. The van der Waals surface area contributed by atoms with Gasteiger partial charge in [-0.25, -0.2) is 4.98 Å². The number of benzene rings is 1. The zero-order valence-electron chi connectivity index (χ0n) is 14.4. The number of carbonyl (C=O) groups is 1. The summed E-state index contributed by atoms with van der Waals surface area (Å²) in [6.07, 6.45) is 1.69. The topological polar surface area (TPSA) is 68.0 Å². The lowest BCUT2D eigenvalue weighted by molar-refractivity contribution is 0.102. The fraction of sp³-hybridized carbons (Fsp3) is 0.211. The summed E-state index contributed by atoms with van der Waals surface area (Å²) in [4.78, 5) is 17.1. The summed E-state index contributed by atoms with van der Waals surface area (Å²) in [6.45, 7) is 5.77. The normalized spacial score (nSPS) is 10.7. The molecule has 0 radical (unpaired) electrons. The molecule has 0 aliphatic heterocycles. The molecule has 3 rings (SSSR count). The van der Waals surface area contributed by atoms with Crippen molar-refractivity contribution < 1.29 is 9.32 Å². The lowest BCUT2D eigenvalue weighted by Gasteiger charge is -2.10. The molecule has 1 N–H and O–H groups in total. The molecule has 5 nitrogen and oxygen atoms in total. The molecule has 1 aromatic carbocycles. The van der Waals surface area contributed by atoms with E-state index in [0.29, 0.717) is 16.3 Å². The highest BCUT2D eigenvalue weighted by molar-refractivity contribution is 7.98. The first-order valence-electron chi connectivity index (χ1n) is 7.93. The van der Waals surface area contributed by atoms with Crippen molar-refractivity contribution in [1.29, 1.82) is 0 Å². The van der Waals surface area contributed by atoms with Crippen molar-refractivity contribution in [2.24, 2.45) is 0 Å². The van der Waals surface area contributed by atoms with Crippen molar-refractivity contribution in [1.82, 2.24) is 10.1 Å². The van der Waals surface area contributed by atoms with E-state index in [2.05, 4.69) is 15.5 Å². The molecule has 1 amide bonds. The van der Waals surface area contributed by atoms with Crippen LogP contribution in [0.1, 0.15) is 32.9 Å². The van der Waals surface area contributed by atoms with Crippen LogP contribution in [0.15, 0.2) is 52.1 Å². The Balaban J connectivity index is 1.79. The van der Waals surface area contributed by atoms with Gasteiger partial charge in [0.15, 0.2) is 0 Å². The van der Waals surface area contributed by atoms with Gasteiger partial charge in [0, 0.05) is 23.2 Å². The zero-order chi connectivity index (χ0) is 17.8. The Hall–Kier alpha value is -2.60. The van der Waals surface area contributed by atoms with Crippen molar-refractivity contribution in [2.45, 2.75) is 31.6 Å². The quantitative estimate of drug-likeness (QED) is 0.682. The maximum absolute atomic E-state index is 12.7. The molecule has 0 saturated heterocycles. The molecule has 6 heteroatoms. The maximum atomic E-state index is 12.7. The molecule has 0 atom stereocenters. The highest BCUT2D eigenvalue weighted by atomic mass is 32.2. The Kier molecular flexibility index (Phi) is 5.19. The van der Waals surface area contributed by atoms with Crippen LogP contribution in [0.2, 0.25) is 0 Å². The molecule has 0 fully saturated rings. The summed E-state index contributed by atoms with van der Waals surface area (Å²) in [5.41, 5.74) is 4.29. The van der Waals surface area contributed by atoms with Crippen LogP contribution in [-0.4, -0.2) is 16.0 Å². The third-order valence-corrected chi connectivity index (χ3v) is 4.98. The van der Waals surface area contributed by atoms with Crippen molar-refractivity contribution >= 4 is 23.4 Å². The molecule has 0 aliphatic carbocycles. The summed E-state index contributed by atoms with van der Waals surface area (Å²) < 4.78 is 5.19. The Labute approximate surface area is 150 Å². The summed E-state index contributed by atoms with van der Waals surface area (Å²) in [5.74, 6) is 1.29. The average molecular weight is 353 g/mol. The first-order chi connectivity index (χ1) is 12.1. The lowest BCUT2D eigenvalue weighted by Crippen LogP contribution is -2.14. The Bertz CT molecular complexity index is 886. The molecule has 0 saturated carbocycles. The number of aryl methyl sites for hydroxylation is 3. The number of hydrogen-bond donors (Lipinski definition) is 1. The molecule has 128 valence electrons. The molecule has 25 heavy (non-hydrogen) atoms. The minimum atomic E-state index is -0.163. The van der Waals surface area contributed by atoms with Crippen LogP contribution in [0.25, 0.3) is 0 Å². The van der Waals surface area contributed by atoms with Gasteiger partial charge in [0.05, 0.1) is 11.3 Å². The van der Waals surface area contributed by atoms with Crippen LogP contribution in [0, 0.1) is 20.8 Å². The van der Waals surface area contributed by atoms with Crippen LogP contribution in [0.5, 0.6) is 0 Å². The number of rotatable bonds is 5. The van der Waals surface area contributed by atoms with Gasteiger partial charge in [-0.1, -0.05) is 23.4 Å². The minimum absolute atomic E-state index is 0.163. The summed E-state index contributed by atoms with van der Waals surface area (Å²) in [7, 11) is 0. The van der Waals surface area contributed by atoms with Crippen LogP contribution in [-0.2, 0) is 5.75 Å². The Morgan fingerprint density at radius 2 is 1.96 bits per heavy atom. The Morgan fingerprint density at radius 3 is 2.68 bits per heavy atom. The van der Waals surface area contributed by atoms with Crippen molar-refractivity contribution in [3.63, 3.8) is 0 Å². The van der Waals surface area contributed by atoms with E-state index in [4.69, 9.17) is 4.52 Å². The van der Waals surface area contributed by atoms with Crippen molar-refractivity contribution in [3.8, 4) is 0 Å². The van der Waals surface area contributed by atoms with E-state index in [1.54, 1.807) is 18.3 Å². The van der Waals surface area contributed by atoms with Gasteiger partial charge in [-0.05, 0) is 44.5 Å². The molecule has 0 spiro atoms. The van der Waals surface area contributed by atoms with Gasteiger partial charge in [-0.3, -0.25) is 4.79 Å². The number of para-hydroxylation sites is 1. The smallest absolute Gasteiger partial charge is 0.258 e. The van der Waals surface area contributed by atoms with Gasteiger partial charge in [0.25, 0.3) is 5.91 Å². The third kappa shape index (κ3) is 3.91. The molecule has 0 unspecified atom stereocenters. The number of nitrogens with zero attached hydrogens (tertiary/aromatic N) is 2. The standard InChI is InChI=1S/C19H19N3O2S/c1-12-7-4-5-9-17(12)21-18(23)15-8-6-10-20-19(15)25-11-16-13(2)22-24-14(16)3/h4-10H,11H2,1-3H3,(H,21,23). The van der Waals surface area contributed by atoms with Gasteiger partial charge in [-0.15, -0.1) is 11.8 Å². The zero-order valence-corrected chi connectivity index (χ0v) is 15.2. The number of carbonyl (C=O) groups excluding carboxylic acids is 1. The second-order valence-corrected chi connectivity index (χ2v) is 6.68. The summed E-state index contributed by atoms with van der Waals surface area (Å²) in [5, 5.41) is 7.61. The highest BCUT2D eigenvalue weighted by Crippen LogP contribution is 2.27. The number of amides is 1. The van der Waals surface area contributed by atoms with Gasteiger partial charge < -0.3 is 9.84 Å². The first-order valence-corrected chi connectivity index (χ1v) is 8.91. The Morgan fingerprint density at radius 1 is 1.16 bits per heavy atom. The van der Waals surface area contributed by atoms with E-state index in [0.717, 1.165) is 28.3 Å². The van der Waals surface area contributed by atoms with Gasteiger partial charge in [0.1, 0.15) is 10.8 Å². The minimum Gasteiger partial charge on any atom is -0.361 e. The van der Waals surface area contributed by atoms with E-state index >= 15 is 0 Å². The van der Waals surface area contributed by atoms with Crippen LogP contribution < -0.4 is 5.32 Å². The molecule has 0 bridgehead atoms. The van der Waals surface area contributed by atoms with Gasteiger partial charge in [-0.2, -0.15) is 0 Å². The number of aromatic nitrogens is 2. The third-order valence-electron chi connectivity index (χ3n) is 3.94. The molecule has 0 aliphatic rings.